The smallest absolute Gasteiger partial charge is 0.137 e. The molecule has 4 heterocycles. The minimum absolute atomic E-state index is 0.877. The van der Waals surface area contributed by atoms with Gasteiger partial charge in [0.25, 0.3) is 0 Å². The van der Waals surface area contributed by atoms with Crippen molar-refractivity contribution in [1.29, 1.82) is 0 Å². The molecule has 0 saturated heterocycles. The Labute approximate surface area is 214 Å². The van der Waals surface area contributed by atoms with Crippen LogP contribution < -0.4 is 0 Å². The summed E-state index contributed by atoms with van der Waals surface area (Å²) >= 11 is 0. The van der Waals surface area contributed by atoms with Gasteiger partial charge in [0.1, 0.15) is 5.82 Å². The molecule has 7 rings (SSSR count). The van der Waals surface area contributed by atoms with Gasteiger partial charge in [-0.1, -0.05) is 78.9 Å². The maximum atomic E-state index is 5.00. The molecule has 0 spiro atoms. The number of hydrogen-bond donors (Lipinski definition) is 0. The van der Waals surface area contributed by atoms with E-state index in [1.807, 2.05) is 61.1 Å². The molecule has 0 aliphatic carbocycles. The third kappa shape index (κ3) is 3.76. The van der Waals surface area contributed by atoms with Crippen molar-refractivity contribution < 1.29 is 0 Å². The predicted molar refractivity (Wildman–Crippen MR) is 150 cm³/mol. The van der Waals surface area contributed by atoms with Crippen LogP contribution in [-0.4, -0.2) is 19.5 Å². The summed E-state index contributed by atoms with van der Waals surface area (Å²) in [6.07, 6.45) is 5.71. The molecule has 0 saturated carbocycles. The van der Waals surface area contributed by atoms with Crippen LogP contribution in [0.4, 0.5) is 0 Å². The van der Waals surface area contributed by atoms with Crippen LogP contribution in [0.25, 0.3) is 61.3 Å². The average Bonchev–Trinajstić information content (AvgIpc) is 3.32. The lowest BCUT2D eigenvalue weighted by Crippen LogP contribution is -1.97. The summed E-state index contributed by atoms with van der Waals surface area (Å²) in [6.45, 7) is 0. The molecule has 0 fully saturated rings. The first-order valence-electron chi connectivity index (χ1n) is 12.3. The molecule has 0 aliphatic heterocycles. The second-order valence-electron chi connectivity index (χ2n) is 9.01. The van der Waals surface area contributed by atoms with Crippen LogP contribution in [0.3, 0.4) is 0 Å². The Morgan fingerprint density at radius 1 is 0.486 bits per heavy atom. The van der Waals surface area contributed by atoms with E-state index in [-0.39, 0.29) is 0 Å². The molecule has 3 aromatic carbocycles. The number of benzene rings is 3. The predicted octanol–water partition coefficient (Wildman–Crippen LogP) is 7.97. The van der Waals surface area contributed by atoms with Crippen molar-refractivity contribution in [2.24, 2.45) is 0 Å². The van der Waals surface area contributed by atoms with Gasteiger partial charge in [0.2, 0.25) is 0 Å². The first kappa shape index (κ1) is 21.2. The summed E-state index contributed by atoms with van der Waals surface area (Å²) in [4.78, 5) is 14.3. The van der Waals surface area contributed by atoms with Crippen molar-refractivity contribution in [2.45, 2.75) is 0 Å². The fraction of sp³-hybridized carbons (Fsp3) is 0. The van der Waals surface area contributed by atoms with E-state index < -0.39 is 0 Å². The van der Waals surface area contributed by atoms with Crippen LogP contribution >= 0.6 is 0 Å². The normalized spacial score (nSPS) is 11.2. The molecule has 37 heavy (non-hydrogen) atoms. The van der Waals surface area contributed by atoms with E-state index in [4.69, 9.17) is 9.97 Å². The van der Waals surface area contributed by atoms with E-state index in [1.165, 1.54) is 5.39 Å². The van der Waals surface area contributed by atoms with Crippen LogP contribution in [0.2, 0.25) is 0 Å². The molecule has 4 heteroatoms. The van der Waals surface area contributed by atoms with Crippen LogP contribution in [0.5, 0.6) is 0 Å². The highest BCUT2D eigenvalue weighted by Gasteiger charge is 2.14. The molecule has 174 valence electrons. The summed E-state index contributed by atoms with van der Waals surface area (Å²) in [7, 11) is 0. The molecule has 0 amide bonds. The Kier molecular flexibility index (Phi) is 5.07. The Hall–Kier alpha value is -5.09. The molecule has 0 radical (unpaired) electrons. The molecular weight excluding hydrogens is 452 g/mol. The number of pyridine rings is 3. The first-order valence-corrected chi connectivity index (χ1v) is 12.3. The molecule has 0 N–H and O–H groups in total. The van der Waals surface area contributed by atoms with Gasteiger partial charge in [-0.15, -0.1) is 0 Å². The van der Waals surface area contributed by atoms with Gasteiger partial charge in [0.15, 0.2) is 0 Å². The fourth-order valence-electron chi connectivity index (χ4n) is 4.96. The summed E-state index contributed by atoms with van der Waals surface area (Å²) in [5.41, 5.74) is 8.40. The maximum Gasteiger partial charge on any atom is 0.137 e. The minimum atomic E-state index is 0.877. The van der Waals surface area contributed by atoms with E-state index >= 15 is 0 Å². The number of fused-ring (bicyclic) bond motifs is 3. The molecule has 0 aliphatic rings. The lowest BCUT2D eigenvalue weighted by molar-refractivity contribution is 1.08. The van der Waals surface area contributed by atoms with Crippen LogP contribution in [-0.2, 0) is 0 Å². The van der Waals surface area contributed by atoms with Crippen molar-refractivity contribution in [3.63, 3.8) is 0 Å². The van der Waals surface area contributed by atoms with Gasteiger partial charge >= 0.3 is 0 Å². The van der Waals surface area contributed by atoms with E-state index in [0.717, 1.165) is 55.9 Å². The van der Waals surface area contributed by atoms with Crippen molar-refractivity contribution in [1.82, 2.24) is 19.5 Å². The first-order chi connectivity index (χ1) is 18.3. The zero-order valence-electron chi connectivity index (χ0n) is 20.0. The lowest BCUT2D eigenvalue weighted by Gasteiger charge is -2.11. The number of nitrogens with zero attached hydrogens (tertiary/aromatic N) is 4. The van der Waals surface area contributed by atoms with Gasteiger partial charge in [-0.2, -0.15) is 0 Å². The van der Waals surface area contributed by atoms with Crippen molar-refractivity contribution in [3.8, 4) is 39.5 Å². The van der Waals surface area contributed by atoms with Crippen molar-refractivity contribution in [2.75, 3.05) is 0 Å². The van der Waals surface area contributed by atoms with E-state index in [2.05, 4.69) is 82.3 Å². The lowest BCUT2D eigenvalue weighted by atomic mass is 10.0. The highest BCUT2D eigenvalue weighted by atomic mass is 15.1. The van der Waals surface area contributed by atoms with E-state index in [0.29, 0.717) is 0 Å². The van der Waals surface area contributed by atoms with Crippen molar-refractivity contribution >= 4 is 21.8 Å². The van der Waals surface area contributed by atoms with Gasteiger partial charge < -0.3 is 0 Å². The van der Waals surface area contributed by atoms with Crippen LogP contribution in [0.1, 0.15) is 0 Å². The largest absolute Gasteiger partial charge is 0.294 e. The highest BCUT2D eigenvalue weighted by Crippen LogP contribution is 2.33. The van der Waals surface area contributed by atoms with E-state index in [9.17, 15) is 0 Å². The molecule has 0 bridgehead atoms. The number of rotatable bonds is 4. The highest BCUT2D eigenvalue weighted by molar-refractivity contribution is 6.08. The zero-order valence-corrected chi connectivity index (χ0v) is 20.0. The van der Waals surface area contributed by atoms with Gasteiger partial charge in [-0.3, -0.25) is 9.55 Å². The third-order valence-electron chi connectivity index (χ3n) is 6.75. The monoisotopic (exact) mass is 474 g/mol. The average molecular weight is 475 g/mol. The standard InChI is InChI=1S/C33H22N4/c1-3-9-23(10-4-1)29-19-26(20-30(36-29)24-11-5-2-6-12-24)25-15-16-33(35-21-25)37-31-14-8-7-13-27(31)28-22-34-18-17-32(28)37/h1-22H. The number of para-hydroxylation sites is 1. The summed E-state index contributed by atoms with van der Waals surface area (Å²) in [6, 6.07) is 39.6. The van der Waals surface area contributed by atoms with Gasteiger partial charge in [-0.05, 0) is 42.0 Å². The van der Waals surface area contributed by atoms with Crippen LogP contribution in [0.15, 0.2) is 134 Å². The summed E-state index contributed by atoms with van der Waals surface area (Å²) < 4.78 is 2.20. The summed E-state index contributed by atoms with van der Waals surface area (Å²) in [5, 5.41) is 2.30. The maximum absolute atomic E-state index is 5.00. The third-order valence-corrected chi connectivity index (χ3v) is 6.75. The van der Waals surface area contributed by atoms with E-state index in [1.54, 1.807) is 0 Å². The molecule has 4 aromatic heterocycles. The van der Waals surface area contributed by atoms with Crippen molar-refractivity contribution in [3.05, 3.63) is 134 Å². The quantitative estimate of drug-likeness (QED) is 0.260. The van der Waals surface area contributed by atoms with Gasteiger partial charge in [-0.25, -0.2) is 9.97 Å². The SMILES string of the molecule is c1ccc(-c2cc(-c3ccc(-n4c5ccccc5c5cnccc54)nc3)cc(-c3ccccc3)n2)cc1. The van der Waals surface area contributed by atoms with Gasteiger partial charge in [0, 0.05) is 46.1 Å². The molecule has 7 aromatic rings. The number of hydrogen-bond acceptors (Lipinski definition) is 3. The fourth-order valence-corrected chi connectivity index (χ4v) is 4.96. The second kappa shape index (κ2) is 8.85. The number of aromatic nitrogens is 4. The minimum Gasteiger partial charge on any atom is -0.294 e. The second-order valence-corrected chi connectivity index (χ2v) is 9.01. The summed E-state index contributed by atoms with van der Waals surface area (Å²) in [5.74, 6) is 0.877. The zero-order chi connectivity index (χ0) is 24.6. The Morgan fingerprint density at radius 2 is 1.14 bits per heavy atom. The molecule has 0 atom stereocenters. The van der Waals surface area contributed by atoms with Crippen LogP contribution in [0, 0.1) is 0 Å². The Morgan fingerprint density at radius 3 is 1.81 bits per heavy atom. The Balaban J connectivity index is 1.37. The molecule has 0 unspecified atom stereocenters. The molecule has 4 nitrogen and oxygen atoms in total. The van der Waals surface area contributed by atoms with Gasteiger partial charge in [0.05, 0.1) is 22.4 Å². The molecular formula is C33H22N4. The Bertz CT molecular complexity index is 1740. The topological polar surface area (TPSA) is 43.6 Å².